The number of rotatable bonds is 3. The van der Waals surface area contributed by atoms with Crippen LogP contribution in [0.15, 0.2) is 17.0 Å². The van der Waals surface area contributed by atoms with Gasteiger partial charge >= 0.3 is 5.97 Å². The number of aliphatic hydroxyl groups is 1. The molecule has 3 saturated carbocycles. The molecule has 31 heavy (non-hydrogen) atoms. The van der Waals surface area contributed by atoms with Gasteiger partial charge in [0.05, 0.1) is 18.3 Å². The highest BCUT2D eigenvalue weighted by molar-refractivity contribution is 7.14. The van der Waals surface area contributed by atoms with Gasteiger partial charge in [-0.1, -0.05) is 25.5 Å². The van der Waals surface area contributed by atoms with E-state index in [0.29, 0.717) is 29.0 Å². The molecule has 5 heteroatoms. The molecule has 0 aromatic carbocycles. The number of carbonyl (C=O) groups is 1. The Morgan fingerprint density at radius 1 is 1.23 bits per heavy atom. The lowest BCUT2D eigenvalue weighted by Gasteiger charge is -2.58. The van der Waals surface area contributed by atoms with Crippen molar-refractivity contribution in [3.63, 3.8) is 0 Å². The molecular weight excluding hydrogens is 406 g/mol. The van der Waals surface area contributed by atoms with Crippen LogP contribution in [0.1, 0.15) is 94.0 Å². The van der Waals surface area contributed by atoms with Crippen LogP contribution in [0.5, 0.6) is 0 Å². The molecule has 0 aliphatic heterocycles. The highest BCUT2D eigenvalue weighted by atomic mass is 32.1. The lowest BCUT2D eigenvalue weighted by molar-refractivity contribution is -0.0409. The monoisotopic (exact) mass is 443 g/mol. The number of fused-ring (bicyclic) bond motifs is 5. The van der Waals surface area contributed by atoms with Crippen molar-refractivity contribution in [1.29, 1.82) is 0 Å². The van der Waals surface area contributed by atoms with Crippen molar-refractivity contribution in [3.8, 4) is 0 Å². The zero-order chi connectivity index (χ0) is 22.0. The maximum absolute atomic E-state index is 12.7. The Morgan fingerprint density at radius 2 is 2.03 bits per heavy atom. The molecule has 0 amide bonds. The van der Waals surface area contributed by atoms with Crippen molar-refractivity contribution >= 4 is 22.3 Å². The first kappa shape index (κ1) is 21.5. The quantitative estimate of drug-likeness (QED) is 0.450. The van der Waals surface area contributed by atoms with Crippen molar-refractivity contribution in [2.24, 2.45) is 28.6 Å². The maximum atomic E-state index is 12.7. The number of nitrogen functional groups attached to an aromatic ring is 1. The number of hydrogen-bond acceptors (Lipinski definition) is 5. The van der Waals surface area contributed by atoms with Crippen LogP contribution in [0.2, 0.25) is 0 Å². The molecule has 4 nitrogen and oxygen atoms in total. The van der Waals surface area contributed by atoms with Crippen LogP contribution in [0.3, 0.4) is 0 Å². The third kappa shape index (κ3) is 3.13. The van der Waals surface area contributed by atoms with Gasteiger partial charge in [-0.25, -0.2) is 4.79 Å². The number of allylic oxidation sites excluding steroid dienone is 1. The second kappa shape index (κ2) is 7.62. The Labute approximate surface area is 190 Å². The van der Waals surface area contributed by atoms with E-state index in [1.165, 1.54) is 36.2 Å². The van der Waals surface area contributed by atoms with E-state index >= 15 is 0 Å². The molecule has 1 unspecified atom stereocenters. The predicted octanol–water partition coefficient (Wildman–Crippen LogP) is 5.91. The fraction of sp³-hybridized carbons (Fsp3) is 0.731. The molecule has 0 saturated heterocycles. The van der Waals surface area contributed by atoms with E-state index in [1.54, 1.807) is 0 Å². The molecule has 1 aromatic rings. The number of nitrogens with two attached hydrogens (primary N) is 1. The van der Waals surface area contributed by atoms with Gasteiger partial charge in [0.25, 0.3) is 0 Å². The van der Waals surface area contributed by atoms with Gasteiger partial charge in [0.15, 0.2) is 0 Å². The molecule has 3 fully saturated rings. The van der Waals surface area contributed by atoms with Crippen LogP contribution in [0.25, 0.3) is 0 Å². The first-order valence-corrected chi connectivity index (χ1v) is 13.1. The number of ether oxygens (including phenoxy) is 1. The van der Waals surface area contributed by atoms with E-state index in [9.17, 15) is 9.90 Å². The molecule has 1 heterocycles. The van der Waals surface area contributed by atoms with Crippen LogP contribution in [0.4, 0.5) is 5.00 Å². The molecule has 0 bridgehead atoms. The lowest BCUT2D eigenvalue weighted by atomic mass is 9.47. The Hall–Kier alpha value is -1.33. The number of thiophene rings is 1. The normalized spacial score (nSPS) is 41.7. The number of hydrogen-bond donors (Lipinski definition) is 2. The lowest BCUT2D eigenvalue weighted by Crippen LogP contribution is -2.50. The van der Waals surface area contributed by atoms with Crippen molar-refractivity contribution in [2.75, 3.05) is 12.3 Å². The summed E-state index contributed by atoms with van der Waals surface area (Å²) in [4.78, 5) is 12.7. The van der Waals surface area contributed by atoms with Gasteiger partial charge in [0, 0.05) is 0 Å². The zero-order valence-corrected chi connectivity index (χ0v) is 20.0. The van der Waals surface area contributed by atoms with Gasteiger partial charge < -0.3 is 15.6 Å². The van der Waals surface area contributed by atoms with Gasteiger partial charge in [-0.15, -0.1) is 11.3 Å². The van der Waals surface area contributed by atoms with Crippen LogP contribution >= 0.6 is 11.3 Å². The summed E-state index contributed by atoms with van der Waals surface area (Å²) in [6.45, 7) is 7.20. The van der Waals surface area contributed by atoms with E-state index in [1.807, 2.05) is 6.92 Å². The SMILES string of the molecule is CCOC(=O)c1c(C2CC[C@H]3[C@@H]4CC=C5C[C@@H](O)CC[C@]5(C)[C@H]4CC[C@]23C)csc1N. The molecule has 5 rings (SSSR count). The first-order valence-electron chi connectivity index (χ1n) is 12.2. The van der Waals surface area contributed by atoms with Crippen molar-refractivity contribution < 1.29 is 14.6 Å². The maximum Gasteiger partial charge on any atom is 0.341 e. The van der Waals surface area contributed by atoms with Crippen LogP contribution in [-0.2, 0) is 4.74 Å². The Kier molecular flexibility index (Phi) is 5.29. The van der Waals surface area contributed by atoms with E-state index in [4.69, 9.17) is 10.5 Å². The van der Waals surface area contributed by atoms with E-state index in [0.717, 1.165) is 49.5 Å². The van der Waals surface area contributed by atoms with Crippen molar-refractivity contribution in [2.45, 2.75) is 84.2 Å². The average molecular weight is 444 g/mol. The molecule has 0 radical (unpaired) electrons. The number of carbonyl (C=O) groups excluding carboxylic acids is 1. The summed E-state index contributed by atoms with van der Waals surface area (Å²) in [5.74, 6) is 2.27. The minimum Gasteiger partial charge on any atom is -0.462 e. The smallest absolute Gasteiger partial charge is 0.341 e. The topological polar surface area (TPSA) is 72.5 Å². The summed E-state index contributed by atoms with van der Waals surface area (Å²) in [6.07, 6.45) is 11.3. The summed E-state index contributed by atoms with van der Waals surface area (Å²) in [6, 6.07) is 0. The third-order valence-corrected chi connectivity index (χ3v) is 10.6. The fourth-order valence-electron chi connectivity index (χ4n) is 8.22. The average Bonchev–Trinajstić information content (AvgIpc) is 3.28. The van der Waals surface area contributed by atoms with Gasteiger partial charge in [-0.05, 0) is 104 Å². The molecule has 3 N–H and O–H groups in total. The van der Waals surface area contributed by atoms with E-state index < -0.39 is 0 Å². The third-order valence-electron chi connectivity index (χ3n) is 9.78. The molecule has 7 atom stereocenters. The second-order valence-electron chi connectivity index (χ2n) is 11.0. The largest absolute Gasteiger partial charge is 0.462 e. The molecule has 4 aliphatic carbocycles. The summed E-state index contributed by atoms with van der Waals surface area (Å²) >= 11 is 1.49. The first-order chi connectivity index (χ1) is 14.8. The standard InChI is InChI=1S/C26H37NO3S/c1-4-30-24(29)22-18(14-31-23(22)27)20-8-7-19-17-6-5-15-13-16(28)9-11-25(15,2)21(17)10-12-26(19,20)3/h5,14,16-17,19-21,28H,4,6-13,27H2,1-3H3/t16-,17-,19-,20?,21-,25-,26-/m0/s1. The highest BCUT2D eigenvalue weighted by Crippen LogP contribution is 2.68. The summed E-state index contributed by atoms with van der Waals surface area (Å²) < 4.78 is 5.36. The molecular formula is C26H37NO3S. The zero-order valence-electron chi connectivity index (χ0n) is 19.2. The Bertz CT molecular complexity index is 906. The molecule has 4 aliphatic rings. The predicted molar refractivity (Wildman–Crippen MR) is 125 cm³/mol. The summed E-state index contributed by atoms with van der Waals surface area (Å²) in [5, 5.41) is 13.0. The van der Waals surface area contributed by atoms with Gasteiger partial charge in [0.1, 0.15) is 5.00 Å². The van der Waals surface area contributed by atoms with Crippen molar-refractivity contribution in [1.82, 2.24) is 0 Å². The van der Waals surface area contributed by atoms with Crippen LogP contribution in [-0.4, -0.2) is 23.8 Å². The van der Waals surface area contributed by atoms with E-state index in [-0.39, 0.29) is 22.9 Å². The Balaban J connectivity index is 1.46. The van der Waals surface area contributed by atoms with Gasteiger partial charge in [-0.3, -0.25) is 0 Å². The van der Waals surface area contributed by atoms with Gasteiger partial charge in [0.2, 0.25) is 0 Å². The summed E-state index contributed by atoms with van der Waals surface area (Å²) in [5.41, 5.74) is 10.0. The fourth-order valence-corrected chi connectivity index (χ4v) is 9.07. The minimum atomic E-state index is -0.254. The van der Waals surface area contributed by atoms with Crippen molar-refractivity contribution in [3.05, 3.63) is 28.2 Å². The number of esters is 1. The second-order valence-corrected chi connectivity index (χ2v) is 11.9. The minimum absolute atomic E-state index is 0.147. The molecule has 1 aromatic heterocycles. The van der Waals surface area contributed by atoms with E-state index in [2.05, 4.69) is 25.3 Å². The molecule has 0 spiro atoms. The number of anilines is 1. The van der Waals surface area contributed by atoms with Crippen LogP contribution < -0.4 is 5.73 Å². The highest BCUT2D eigenvalue weighted by Gasteiger charge is 2.59. The summed E-state index contributed by atoms with van der Waals surface area (Å²) in [7, 11) is 0. The Morgan fingerprint density at radius 3 is 2.81 bits per heavy atom. The number of aliphatic hydroxyl groups excluding tert-OH is 1. The molecule has 170 valence electrons. The van der Waals surface area contributed by atoms with Crippen LogP contribution in [0, 0.1) is 28.6 Å². The van der Waals surface area contributed by atoms with Gasteiger partial charge in [-0.2, -0.15) is 0 Å².